The minimum absolute atomic E-state index is 0.0990. The van der Waals surface area contributed by atoms with Crippen molar-refractivity contribution in [2.75, 3.05) is 10.6 Å². The van der Waals surface area contributed by atoms with E-state index in [1.165, 1.54) is 12.1 Å². The summed E-state index contributed by atoms with van der Waals surface area (Å²) in [6, 6.07) is 6.61. The molecule has 0 spiro atoms. The monoisotopic (exact) mass is 598 g/mol. The third-order valence-electron chi connectivity index (χ3n) is 5.46. The number of nitrogens with one attached hydrogen (secondary N) is 2. The Labute approximate surface area is 226 Å². The summed E-state index contributed by atoms with van der Waals surface area (Å²) < 4.78 is 54.7. The molecule has 0 aromatic heterocycles. The number of alkyl halides is 2. The first-order valence-electron chi connectivity index (χ1n) is 9.90. The molecule has 4 nitrogen and oxygen atoms in total. The molecule has 1 fully saturated rings. The molecule has 0 bridgehead atoms. The molecule has 2 atom stereocenters. The summed E-state index contributed by atoms with van der Waals surface area (Å²) in [5, 5.41) is 4.45. The van der Waals surface area contributed by atoms with Crippen LogP contribution in [0.25, 0.3) is 0 Å². The molecule has 13 heteroatoms. The standard InChI is InChI=1S/C23H11Cl5F4N2O2/c24-11-5-8(6-12(25)18(11)26)16-17(23(16,27)28)22(36)33-15-4-3-13(30)20(19(15)32)34-21(35)10-2-1-9(29)7-14(10)31/h1-7,16-17H,(H,33,36)(H,34,35)/t16-,17+/m0/s1. The van der Waals surface area contributed by atoms with Crippen LogP contribution in [0.5, 0.6) is 0 Å². The van der Waals surface area contributed by atoms with E-state index in [1.807, 2.05) is 5.32 Å². The smallest absolute Gasteiger partial charge is 0.258 e. The molecule has 0 radical (unpaired) electrons. The molecule has 36 heavy (non-hydrogen) atoms. The molecule has 0 saturated heterocycles. The van der Waals surface area contributed by atoms with Crippen LogP contribution in [-0.4, -0.2) is 16.1 Å². The lowest BCUT2D eigenvalue weighted by molar-refractivity contribution is -0.117. The number of carbonyl (C=O) groups is 2. The van der Waals surface area contributed by atoms with Crippen molar-refractivity contribution in [3.63, 3.8) is 0 Å². The van der Waals surface area contributed by atoms with E-state index in [2.05, 4.69) is 5.32 Å². The van der Waals surface area contributed by atoms with Crippen molar-refractivity contribution < 1.29 is 27.2 Å². The highest BCUT2D eigenvalue weighted by Crippen LogP contribution is 2.65. The largest absolute Gasteiger partial charge is 0.323 e. The maximum Gasteiger partial charge on any atom is 0.258 e. The Morgan fingerprint density at radius 2 is 1.47 bits per heavy atom. The Balaban J connectivity index is 1.56. The highest BCUT2D eigenvalue weighted by Gasteiger charge is 2.67. The fourth-order valence-electron chi connectivity index (χ4n) is 3.65. The number of carbonyl (C=O) groups excluding carboxylic acids is 2. The Hall–Kier alpha value is -2.23. The van der Waals surface area contributed by atoms with Crippen LogP contribution in [0.2, 0.25) is 15.1 Å². The number of amides is 2. The van der Waals surface area contributed by atoms with E-state index in [0.29, 0.717) is 11.6 Å². The molecule has 3 aromatic rings. The summed E-state index contributed by atoms with van der Waals surface area (Å²) in [7, 11) is 0. The number of hydrogen-bond donors (Lipinski definition) is 2. The highest BCUT2D eigenvalue weighted by molar-refractivity contribution is 6.54. The zero-order valence-corrected chi connectivity index (χ0v) is 21.2. The summed E-state index contributed by atoms with van der Waals surface area (Å²) >= 11 is 30.6. The van der Waals surface area contributed by atoms with E-state index in [4.69, 9.17) is 58.0 Å². The Morgan fingerprint density at radius 1 is 0.833 bits per heavy atom. The van der Waals surface area contributed by atoms with E-state index < -0.39 is 68.2 Å². The van der Waals surface area contributed by atoms with E-state index in [9.17, 15) is 22.8 Å². The average molecular weight is 601 g/mol. The predicted octanol–water partition coefficient (Wildman–Crippen LogP) is 7.98. The molecule has 3 aromatic carbocycles. The number of anilines is 2. The van der Waals surface area contributed by atoms with Crippen molar-refractivity contribution in [2.45, 2.75) is 10.3 Å². The maximum absolute atomic E-state index is 15.0. The molecule has 4 rings (SSSR count). The van der Waals surface area contributed by atoms with E-state index >= 15 is 4.39 Å². The number of benzene rings is 3. The fraction of sp³-hybridized carbons (Fsp3) is 0.130. The van der Waals surface area contributed by atoms with Gasteiger partial charge in [0.25, 0.3) is 5.91 Å². The van der Waals surface area contributed by atoms with Crippen molar-refractivity contribution in [2.24, 2.45) is 5.92 Å². The minimum Gasteiger partial charge on any atom is -0.323 e. The van der Waals surface area contributed by atoms with Crippen molar-refractivity contribution in [1.29, 1.82) is 0 Å². The summed E-state index contributed by atoms with van der Waals surface area (Å²) in [5.41, 5.74) is -1.72. The lowest BCUT2D eigenvalue weighted by Gasteiger charge is -2.12. The second-order valence-electron chi connectivity index (χ2n) is 7.78. The van der Waals surface area contributed by atoms with Crippen molar-refractivity contribution >= 4 is 81.2 Å². The van der Waals surface area contributed by atoms with Gasteiger partial charge in [-0.15, -0.1) is 23.2 Å². The summed E-state index contributed by atoms with van der Waals surface area (Å²) in [5.74, 6) is -8.67. The van der Waals surface area contributed by atoms with Crippen LogP contribution >= 0.6 is 58.0 Å². The quantitative estimate of drug-likeness (QED) is 0.177. The lowest BCUT2D eigenvalue weighted by atomic mass is 10.1. The predicted molar refractivity (Wildman–Crippen MR) is 131 cm³/mol. The minimum atomic E-state index is -1.60. The SMILES string of the molecule is O=C(Nc1c(F)ccc(NC(=O)[C@H]2[C@H](c3cc(Cl)c(Cl)c(Cl)c3)C2(Cl)Cl)c1F)c1ccc(F)cc1F. The molecule has 0 aliphatic heterocycles. The Morgan fingerprint density at radius 3 is 2.08 bits per heavy atom. The van der Waals surface area contributed by atoms with E-state index in [-0.39, 0.29) is 15.1 Å². The first-order chi connectivity index (χ1) is 16.8. The topological polar surface area (TPSA) is 58.2 Å². The summed E-state index contributed by atoms with van der Waals surface area (Å²) in [4.78, 5) is 25.2. The highest BCUT2D eigenvalue weighted by atomic mass is 35.5. The van der Waals surface area contributed by atoms with E-state index in [1.54, 1.807) is 0 Å². The number of rotatable bonds is 5. The van der Waals surface area contributed by atoms with Gasteiger partial charge >= 0.3 is 0 Å². The number of halogens is 9. The second kappa shape index (κ2) is 9.91. The Bertz CT molecular complexity index is 1400. The zero-order valence-electron chi connectivity index (χ0n) is 17.4. The average Bonchev–Trinajstić information content (AvgIpc) is 3.38. The van der Waals surface area contributed by atoms with E-state index in [0.717, 1.165) is 24.3 Å². The number of hydrogen-bond acceptors (Lipinski definition) is 2. The van der Waals surface area contributed by atoms with Gasteiger partial charge in [0, 0.05) is 12.0 Å². The van der Waals surface area contributed by atoms with Gasteiger partial charge in [-0.1, -0.05) is 34.8 Å². The molecular weight excluding hydrogens is 590 g/mol. The maximum atomic E-state index is 15.0. The van der Waals surface area contributed by atoms with Gasteiger partial charge in [-0.05, 0) is 42.0 Å². The first-order valence-corrected chi connectivity index (χ1v) is 11.8. The van der Waals surface area contributed by atoms with Gasteiger partial charge in [-0.2, -0.15) is 0 Å². The molecule has 188 valence electrons. The second-order valence-corrected chi connectivity index (χ2v) is 10.4. The van der Waals surface area contributed by atoms with Crippen LogP contribution in [-0.2, 0) is 4.79 Å². The van der Waals surface area contributed by atoms with Gasteiger partial charge in [-0.25, -0.2) is 17.6 Å². The molecule has 1 aliphatic rings. The molecule has 1 aliphatic carbocycles. The van der Waals surface area contributed by atoms with Gasteiger partial charge in [0.05, 0.1) is 32.2 Å². The summed E-state index contributed by atoms with van der Waals surface area (Å²) in [6.45, 7) is 0. The lowest BCUT2D eigenvalue weighted by Crippen LogP contribution is -2.20. The van der Waals surface area contributed by atoms with Crippen LogP contribution in [0.15, 0.2) is 42.5 Å². The third-order valence-corrected chi connectivity index (χ3v) is 7.60. The Kier molecular flexibility index (Phi) is 7.38. The van der Waals surface area contributed by atoms with Crippen LogP contribution in [0.3, 0.4) is 0 Å². The third kappa shape index (κ3) is 4.97. The van der Waals surface area contributed by atoms with Gasteiger partial charge in [-0.3, -0.25) is 9.59 Å². The van der Waals surface area contributed by atoms with Gasteiger partial charge in [0.15, 0.2) is 5.82 Å². The fourth-order valence-corrected chi connectivity index (χ4v) is 5.09. The molecular formula is C23H11Cl5F4N2O2. The zero-order chi connectivity index (χ0) is 26.5. The normalized spacial score (nSPS) is 18.0. The first kappa shape index (κ1) is 26.8. The van der Waals surface area contributed by atoms with Crippen LogP contribution in [0.4, 0.5) is 28.9 Å². The molecule has 2 N–H and O–H groups in total. The van der Waals surface area contributed by atoms with Crippen molar-refractivity contribution in [3.8, 4) is 0 Å². The molecule has 0 unspecified atom stereocenters. The molecule has 0 heterocycles. The molecule has 1 saturated carbocycles. The summed E-state index contributed by atoms with van der Waals surface area (Å²) in [6.07, 6.45) is 0. The van der Waals surface area contributed by atoms with Crippen molar-refractivity contribution in [1.82, 2.24) is 0 Å². The van der Waals surface area contributed by atoms with Gasteiger partial charge < -0.3 is 10.6 Å². The van der Waals surface area contributed by atoms with Crippen LogP contribution in [0.1, 0.15) is 21.8 Å². The van der Waals surface area contributed by atoms with Gasteiger partial charge in [0.2, 0.25) is 5.91 Å². The van der Waals surface area contributed by atoms with Gasteiger partial charge in [0.1, 0.15) is 27.5 Å². The molecule has 2 amide bonds. The van der Waals surface area contributed by atoms with Crippen molar-refractivity contribution in [3.05, 3.63) is 91.9 Å². The van der Waals surface area contributed by atoms with Crippen LogP contribution < -0.4 is 10.6 Å². The van der Waals surface area contributed by atoms with Crippen LogP contribution in [0, 0.1) is 29.2 Å².